The van der Waals surface area contributed by atoms with Crippen molar-refractivity contribution >= 4 is 11.7 Å². The second-order valence-corrected chi connectivity index (χ2v) is 7.01. The van der Waals surface area contributed by atoms with Crippen LogP contribution in [0.3, 0.4) is 0 Å². The Balaban J connectivity index is 1.67. The SMILES string of the molecule is COc1ccc2c(c1)CCCC2(O)CNC(=O)Nc1ccc(C)c(C)c1. The van der Waals surface area contributed by atoms with Gasteiger partial charge < -0.3 is 20.5 Å². The van der Waals surface area contributed by atoms with E-state index in [2.05, 4.69) is 10.6 Å². The maximum absolute atomic E-state index is 12.3. The number of urea groups is 1. The third-order valence-corrected chi connectivity index (χ3v) is 5.16. The number of benzene rings is 2. The predicted octanol–water partition coefficient (Wildman–Crippen LogP) is 3.66. The van der Waals surface area contributed by atoms with Gasteiger partial charge in [-0.2, -0.15) is 0 Å². The Kier molecular flexibility index (Phi) is 5.18. The molecule has 0 bridgehead atoms. The van der Waals surface area contributed by atoms with Crippen LogP contribution in [0.1, 0.15) is 35.1 Å². The Labute approximate surface area is 154 Å². The summed E-state index contributed by atoms with van der Waals surface area (Å²) in [5.74, 6) is 0.786. The number of fused-ring (bicyclic) bond motifs is 1. The second kappa shape index (κ2) is 7.38. The molecule has 1 aliphatic rings. The highest BCUT2D eigenvalue weighted by Gasteiger charge is 2.34. The van der Waals surface area contributed by atoms with Crippen molar-refractivity contribution in [2.45, 2.75) is 38.7 Å². The standard InChI is InChI=1S/C21H26N2O3/c1-14-6-7-17(11-15(14)2)23-20(24)22-13-21(25)10-4-5-16-12-18(26-3)8-9-19(16)21/h6-9,11-12,25H,4-5,10,13H2,1-3H3,(H2,22,23,24). The van der Waals surface area contributed by atoms with E-state index in [1.807, 2.05) is 50.2 Å². The summed E-state index contributed by atoms with van der Waals surface area (Å²) in [4.78, 5) is 12.3. The smallest absolute Gasteiger partial charge is 0.319 e. The fourth-order valence-corrected chi connectivity index (χ4v) is 3.47. The van der Waals surface area contributed by atoms with E-state index in [-0.39, 0.29) is 12.6 Å². The van der Waals surface area contributed by atoms with Gasteiger partial charge in [0.1, 0.15) is 11.4 Å². The fraction of sp³-hybridized carbons (Fsp3) is 0.381. The number of methoxy groups -OCH3 is 1. The molecule has 0 saturated carbocycles. The fourth-order valence-electron chi connectivity index (χ4n) is 3.47. The molecule has 0 saturated heterocycles. The Morgan fingerprint density at radius 3 is 2.73 bits per heavy atom. The molecule has 2 aromatic rings. The molecule has 1 aliphatic carbocycles. The van der Waals surface area contributed by atoms with Crippen LogP contribution in [0.5, 0.6) is 5.75 Å². The first-order chi connectivity index (χ1) is 12.4. The molecule has 0 heterocycles. The lowest BCUT2D eigenvalue weighted by Crippen LogP contribution is -2.44. The Morgan fingerprint density at radius 2 is 2.00 bits per heavy atom. The van der Waals surface area contributed by atoms with Crippen LogP contribution in [0.25, 0.3) is 0 Å². The van der Waals surface area contributed by atoms with E-state index in [1.165, 1.54) is 5.56 Å². The zero-order valence-corrected chi connectivity index (χ0v) is 15.6. The maximum atomic E-state index is 12.3. The van der Waals surface area contributed by atoms with E-state index in [9.17, 15) is 9.90 Å². The first-order valence-electron chi connectivity index (χ1n) is 8.93. The highest BCUT2D eigenvalue weighted by atomic mass is 16.5. The molecule has 0 aliphatic heterocycles. The van der Waals surface area contributed by atoms with Crippen molar-refractivity contribution in [1.29, 1.82) is 0 Å². The maximum Gasteiger partial charge on any atom is 0.319 e. The molecular formula is C21H26N2O3. The van der Waals surface area contributed by atoms with E-state index in [0.29, 0.717) is 6.42 Å². The number of aryl methyl sites for hydroxylation is 3. The van der Waals surface area contributed by atoms with Crippen molar-refractivity contribution in [3.63, 3.8) is 0 Å². The minimum Gasteiger partial charge on any atom is -0.497 e. The largest absolute Gasteiger partial charge is 0.497 e. The Morgan fingerprint density at radius 1 is 1.19 bits per heavy atom. The van der Waals surface area contributed by atoms with Gasteiger partial charge in [0, 0.05) is 5.69 Å². The average Bonchev–Trinajstić information content (AvgIpc) is 2.63. The molecule has 0 spiro atoms. The van der Waals surface area contributed by atoms with Gasteiger partial charge in [-0.25, -0.2) is 4.79 Å². The van der Waals surface area contributed by atoms with Crippen LogP contribution in [0.15, 0.2) is 36.4 Å². The molecule has 138 valence electrons. The Hall–Kier alpha value is -2.53. The van der Waals surface area contributed by atoms with E-state index >= 15 is 0 Å². The first-order valence-corrected chi connectivity index (χ1v) is 8.93. The predicted molar refractivity (Wildman–Crippen MR) is 103 cm³/mol. The number of amides is 2. The number of hydrogen-bond acceptors (Lipinski definition) is 3. The van der Waals surface area contributed by atoms with Gasteiger partial charge in [0.2, 0.25) is 0 Å². The highest BCUT2D eigenvalue weighted by molar-refractivity contribution is 5.89. The number of hydrogen-bond donors (Lipinski definition) is 3. The molecule has 5 heteroatoms. The molecule has 0 fully saturated rings. The lowest BCUT2D eigenvalue weighted by Gasteiger charge is -2.34. The van der Waals surface area contributed by atoms with Gasteiger partial charge in [-0.15, -0.1) is 0 Å². The van der Waals surface area contributed by atoms with Crippen molar-refractivity contribution in [2.75, 3.05) is 19.0 Å². The molecule has 3 N–H and O–H groups in total. The molecule has 5 nitrogen and oxygen atoms in total. The van der Waals surface area contributed by atoms with E-state index in [0.717, 1.165) is 41.0 Å². The number of carbonyl (C=O) groups is 1. The normalized spacial score (nSPS) is 18.8. The summed E-state index contributed by atoms with van der Waals surface area (Å²) in [6.07, 6.45) is 2.40. The van der Waals surface area contributed by atoms with E-state index in [1.54, 1.807) is 7.11 Å². The number of carbonyl (C=O) groups excluding carboxylic acids is 1. The summed E-state index contributed by atoms with van der Waals surface area (Å²) in [5, 5.41) is 16.7. The van der Waals surface area contributed by atoms with Gasteiger partial charge >= 0.3 is 6.03 Å². The zero-order valence-electron chi connectivity index (χ0n) is 15.6. The van der Waals surface area contributed by atoms with Crippen molar-refractivity contribution in [2.24, 2.45) is 0 Å². The summed E-state index contributed by atoms with van der Waals surface area (Å²) in [7, 11) is 1.63. The third-order valence-electron chi connectivity index (χ3n) is 5.16. The van der Waals surface area contributed by atoms with Gasteiger partial charge in [0.15, 0.2) is 0 Å². The van der Waals surface area contributed by atoms with E-state index in [4.69, 9.17) is 4.74 Å². The molecule has 26 heavy (non-hydrogen) atoms. The molecule has 1 atom stereocenters. The monoisotopic (exact) mass is 354 g/mol. The lowest BCUT2D eigenvalue weighted by atomic mass is 9.79. The van der Waals surface area contributed by atoms with Crippen molar-refractivity contribution < 1.29 is 14.6 Å². The average molecular weight is 354 g/mol. The van der Waals surface area contributed by atoms with Gasteiger partial charge in [-0.1, -0.05) is 12.1 Å². The van der Waals surface area contributed by atoms with Gasteiger partial charge in [-0.3, -0.25) is 0 Å². The number of rotatable bonds is 4. The van der Waals surface area contributed by atoms with Crippen LogP contribution in [0.4, 0.5) is 10.5 Å². The van der Waals surface area contributed by atoms with Crippen molar-refractivity contribution in [1.82, 2.24) is 5.32 Å². The molecule has 2 aromatic carbocycles. The summed E-state index contributed by atoms with van der Waals surface area (Å²) in [5.41, 5.74) is 3.94. The third kappa shape index (κ3) is 3.83. The minimum absolute atomic E-state index is 0.170. The molecular weight excluding hydrogens is 328 g/mol. The number of nitrogens with one attached hydrogen (secondary N) is 2. The van der Waals surface area contributed by atoms with Gasteiger partial charge in [0.05, 0.1) is 13.7 Å². The number of aliphatic hydroxyl groups is 1. The zero-order chi connectivity index (χ0) is 18.7. The number of anilines is 1. The molecule has 0 aromatic heterocycles. The molecule has 3 rings (SSSR count). The van der Waals surface area contributed by atoms with Crippen LogP contribution in [-0.4, -0.2) is 24.8 Å². The lowest BCUT2D eigenvalue weighted by molar-refractivity contribution is 0.0220. The van der Waals surface area contributed by atoms with Crippen molar-refractivity contribution in [3.05, 3.63) is 58.7 Å². The second-order valence-electron chi connectivity index (χ2n) is 7.01. The van der Waals surface area contributed by atoms with Crippen LogP contribution in [-0.2, 0) is 12.0 Å². The van der Waals surface area contributed by atoms with Crippen LogP contribution in [0.2, 0.25) is 0 Å². The summed E-state index contributed by atoms with van der Waals surface area (Å²) < 4.78 is 5.27. The van der Waals surface area contributed by atoms with Gasteiger partial charge in [-0.05, 0) is 79.6 Å². The van der Waals surface area contributed by atoms with Crippen LogP contribution >= 0.6 is 0 Å². The number of ether oxygens (including phenoxy) is 1. The van der Waals surface area contributed by atoms with Gasteiger partial charge in [0.25, 0.3) is 0 Å². The molecule has 1 unspecified atom stereocenters. The quantitative estimate of drug-likeness (QED) is 0.785. The topological polar surface area (TPSA) is 70.6 Å². The highest BCUT2D eigenvalue weighted by Crippen LogP contribution is 2.36. The summed E-state index contributed by atoms with van der Waals surface area (Å²) >= 11 is 0. The van der Waals surface area contributed by atoms with E-state index < -0.39 is 5.60 Å². The van der Waals surface area contributed by atoms with Crippen LogP contribution in [0, 0.1) is 13.8 Å². The summed E-state index contributed by atoms with van der Waals surface area (Å²) in [6, 6.07) is 11.2. The minimum atomic E-state index is -1.06. The first kappa shape index (κ1) is 18.3. The summed E-state index contributed by atoms with van der Waals surface area (Å²) in [6.45, 7) is 4.21. The Bertz CT molecular complexity index is 819. The molecule has 2 amide bonds. The van der Waals surface area contributed by atoms with Crippen molar-refractivity contribution in [3.8, 4) is 5.75 Å². The molecule has 0 radical (unpaired) electrons. The van der Waals surface area contributed by atoms with Crippen LogP contribution < -0.4 is 15.4 Å².